The maximum Gasteiger partial charge on any atom is 0.262 e. The Bertz CT molecular complexity index is 672. The average Bonchev–Trinajstić information content (AvgIpc) is 2.80. The fraction of sp³-hybridized carbons (Fsp3) is 0.526. The number of amides is 3. The normalized spacial score (nSPS) is 23.5. The zero-order valence-corrected chi connectivity index (χ0v) is 16.1. The van der Waals surface area contributed by atoms with Gasteiger partial charge in [0.05, 0.1) is 11.1 Å². The molecule has 3 unspecified atom stereocenters. The van der Waals surface area contributed by atoms with E-state index in [0.717, 1.165) is 24.3 Å². The van der Waals surface area contributed by atoms with Gasteiger partial charge in [0, 0.05) is 12.1 Å². The monoisotopic (exact) mass is 379 g/mol. The van der Waals surface area contributed by atoms with Gasteiger partial charge in [-0.25, -0.2) is 0 Å². The summed E-state index contributed by atoms with van der Waals surface area (Å²) < 4.78 is 0. The van der Waals surface area contributed by atoms with Crippen LogP contribution in [-0.2, 0) is 4.79 Å². The maximum atomic E-state index is 12.9. The minimum Gasteiger partial charge on any atom is -0.351 e. The number of imide groups is 1. The van der Waals surface area contributed by atoms with Crippen molar-refractivity contribution in [3.05, 3.63) is 35.4 Å². The minimum absolute atomic E-state index is 0. The van der Waals surface area contributed by atoms with E-state index in [2.05, 4.69) is 17.6 Å². The molecule has 0 radical (unpaired) electrons. The Morgan fingerprint density at radius 1 is 1.19 bits per heavy atom. The first kappa shape index (κ1) is 20.4. The lowest BCUT2D eigenvalue weighted by Gasteiger charge is -2.33. The van der Waals surface area contributed by atoms with Gasteiger partial charge >= 0.3 is 0 Å². The van der Waals surface area contributed by atoms with Gasteiger partial charge in [0.2, 0.25) is 5.91 Å². The van der Waals surface area contributed by atoms with Gasteiger partial charge < -0.3 is 10.6 Å². The standard InChI is InChI=1S/C19H25N3O3.ClH/c1-11(2)16(17(23)21-13-8-9-20-12(3)10-13)22-18(24)14-6-4-5-7-15(14)19(22)25;/h4-7,11-13,16,20H,8-10H2,1-3H3,(H,21,23);1H. The highest BCUT2D eigenvalue weighted by atomic mass is 35.5. The van der Waals surface area contributed by atoms with Crippen LogP contribution in [-0.4, -0.2) is 47.3 Å². The van der Waals surface area contributed by atoms with Crippen LogP contribution in [0.2, 0.25) is 0 Å². The molecular weight excluding hydrogens is 354 g/mol. The second kappa shape index (κ2) is 8.18. The van der Waals surface area contributed by atoms with Crippen molar-refractivity contribution in [1.82, 2.24) is 15.5 Å². The largest absolute Gasteiger partial charge is 0.351 e. The number of rotatable bonds is 4. The Kier molecular flexibility index (Phi) is 6.42. The molecule has 2 N–H and O–H groups in total. The molecule has 0 aromatic heterocycles. The summed E-state index contributed by atoms with van der Waals surface area (Å²) in [5.41, 5.74) is 0.753. The van der Waals surface area contributed by atoms with Crippen molar-refractivity contribution in [2.24, 2.45) is 5.92 Å². The summed E-state index contributed by atoms with van der Waals surface area (Å²) in [7, 11) is 0. The van der Waals surface area contributed by atoms with E-state index in [1.165, 1.54) is 0 Å². The van der Waals surface area contributed by atoms with Gasteiger partial charge in [-0.15, -0.1) is 12.4 Å². The molecule has 0 aliphatic carbocycles. The third kappa shape index (κ3) is 3.76. The van der Waals surface area contributed by atoms with Crippen molar-refractivity contribution in [1.29, 1.82) is 0 Å². The van der Waals surface area contributed by atoms with Crippen molar-refractivity contribution in [3.63, 3.8) is 0 Å². The molecule has 0 saturated carbocycles. The van der Waals surface area contributed by atoms with Crippen LogP contribution < -0.4 is 10.6 Å². The fourth-order valence-corrected chi connectivity index (χ4v) is 3.73. The molecule has 3 atom stereocenters. The van der Waals surface area contributed by atoms with Crippen LogP contribution in [0.15, 0.2) is 24.3 Å². The third-order valence-corrected chi connectivity index (χ3v) is 4.97. The van der Waals surface area contributed by atoms with Crippen LogP contribution >= 0.6 is 12.4 Å². The molecule has 0 bridgehead atoms. The van der Waals surface area contributed by atoms with Gasteiger partial charge in [0.15, 0.2) is 0 Å². The van der Waals surface area contributed by atoms with E-state index in [0.29, 0.717) is 17.2 Å². The Balaban J connectivity index is 0.00000243. The number of nitrogens with zero attached hydrogens (tertiary/aromatic N) is 1. The number of fused-ring (bicyclic) bond motifs is 1. The van der Waals surface area contributed by atoms with Gasteiger partial charge in [-0.2, -0.15) is 0 Å². The number of piperidine rings is 1. The molecule has 6 nitrogen and oxygen atoms in total. The van der Waals surface area contributed by atoms with E-state index in [4.69, 9.17) is 0 Å². The molecule has 142 valence electrons. The van der Waals surface area contributed by atoms with E-state index in [9.17, 15) is 14.4 Å². The fourth-order valence-electron chi connectivity index (χ4n) is 3.73. The molecule has 2 heterocycles. The number of hydrogen-bond donors (Lipinski definition) is 2. The van der Waals surface area contributed by atoms with Crippen LogP contribution in [0.25, 0.3) is 0 Å². The Morgan fingerprint density at radius 3 is 2.27 bits per heavy atom. The highest BCUT2D eigenvalue weighted by Gasteiger charge is 2.44. The van der Waals surface area contributed by atoms with E-state index in [1.807, 2.05) is 13.8 Å². The first-order chi connectivity index (χ1) is 11.9. The Labute approximate surface area is 160 Å². The molecular formula is C19H26ClN3O3. The van der Waals surface area contributed by atoms with Crippen molar-refractivity contribution >= 4 is 30.1 Å². The number of halogens is 1. The molecule has 3 amide bonds. The smallest absolute Gasteiger partial charge is 0.262 e. The molecule has 2 aliphatic heterocycles. The molecule has 2 aliphatic rings. The van der Waals surface area contributed by atoms with Gasteiger partial charge in [0.25, 0.3) is 11.8 Å². The second-order valence-electron chi connectivity index (χ2n) is 7.30. The molecule has 7 heteroatoms. The van der Waals surface area contributed by atoms with Crippen LogP contribution in [0, 0.1) is 5.92 Å². The van der Waals surface area contributed by atoms with Crippen molar-refractivity contribution in [3.8, 4) is 0 Å². The average molecular weight is 380 g/mol. The molecule has 3 rings (SSSR count). The van der Waals surface area contributed by atoms with Crippen molar-refractivity contribution < 1.29 is 14.4 Å². The lowest BCUT2D eigenvalue weighted by atomic mass is 9.97. The summed E-state index contributed by atoms with van der Waals surface area (Å²) in [5, 5.41) is 6.40. The number of benzene rings is 1. The van der Waals surface area contributed by atoms with Crippen molar-refractivity contribution in [2.45, 2.75) is 51.7 Å². The SMILES string of the molecule is CC1CC(NC(=O)C(C(C)C)N2C(=O)c3ccccc3C2=O)CCN1.Cl. The van der Waals surface area contributed by atoms with Crippen molar-refractivity contribution in [2.75, 3.05) is 6.54 Å². The first-order valence-corrected chi connectivity index (χ1v) is 8.90. The van der Waals surface area contributed by atoms with Crippen LogP contribution in [0.5, 0.6) is 0 Å². The molecule has 0 spiro atoms. The molecule has 1 saturated heterocycles. The van der Waals surface area contributed by atoms with Gasteiger partial charge in [0.1, 0.15) is 6.04 Å². The first-order valence-electron chi connectivity index (χ1n) is 8.90. The zero-order valence-electron chi connectivity index (χ0n) is 15.3. The molecule has 1 aromatic rings. The molecule has 1 fully saturated rings. The van der Waals surface area contributed by atoms with Crippen LogP contribution in [0.3, 0.4) is 0 Å². The minimum atomic E-state index is -0.794. The number of nitrogens with one attached hydrogen (secondary N) is 2. The summed E-state index contributed by atoms with van der Waals surface area (Å²) in [6.45, 7) is 6.66. The van der Waals surface area contributed by atoms with Gasteiger partial charge in [-0.05, 0) is 44.4 Å². The predicted octanol–water partition coefficient (Wildman–Crippen LogP) is 1.99. The number of carbonyl (C=O) groups excluding carboxylic acids is 3. The summed E-state index contributed by atoms with van der Waals surface area (Å²) in [6, 6.07) is 6.36. The van der Waals surface area contributed by atoms with Crippen LogP contribution in [0.4, 0.5) is 0 Å². The van der Waals surface area contributed by atoms with E-state index < -0.39 is 6.04 Å². The highest BCUT2D eigenvalue weighted by molar-refractivity contribution is 6.22. The lowest BCUT2D eigenvalue weighted by Crippen LogP contribution is -2.56. The van der Waals surface area contributed by atoms with Gasteiger partial charge in [-0.3, -0.25) is 19.3 Å². The summed E-state index contributed by atoms with van der Waals surface area (Å²) in [6.07, 6.45) is 1.70. The number of carbonyl (C=O) groups is 3. The van der Waals surface area contributed by atoms with E-state index >= 15 is 0 Å². The summed E-state index contributed by atoms with van der Waals surface area (Å²) in [5.74, 6) is -1.17. The van der Waals surface area contributed by atoms with Gasteiger partial charge in [-0.1, -0.05) is 26.0 Å². The molecule has 26 heavy (non-hydrogen) atoms. The summed E-state index contributed by atoms with van der Waals surface area (Å²) >= 11 is 0. The summed E-state index contributed by atoms with van der Waals surface area (Å²) in [4.78, 5) is 39.5. The predicted molar refractivity (Wildman–Crippen MR) is 101 cm³/mol. The zero-order chi connectivity index (χ0) is 18.1. The topological polar surface area (TPSA) is 78.5 Å². The number of hydrogen-bond acceptors (Lipinski definition) is 4. The second-order valence-corrected chi connectivity index (χ2v) is 7.30. The lowest BCUT2D eigenvalue weighted by molar-refractivity contribution is -0.127. The van der Waals surface area contributed by atoms with E-state index in [-0.39, 0.29) is 42.1 Å². The third-order valence-electron chi connectivity index (χ3n) is 4.97. The van der Waals surface area contributed by atoms with E-state index in [1.54, 1.807) is 24.3 Å². The highest BCUT2D eigenvalue weighted by Crippen LogP contribution is 2.27. The quantitative estimate of drug-likeness (QED) is 0.784. The van der Waals surface area contributed by atoms with Crippen LogP contribution in [0.1, 0.15) is 54.3 Å². The molecule has 1 aromatic carbocycles. The maximum absolute atomic E-state index is 12.9. The Hall–Kier alpha value is -1.92. The Morgan fingerprint density at radius 2 is 1.77 bits per heavy atom.